The topological polar surface area (TPSA) is 104 Å². The number of benzene rings is 2. The quantitative estimate of drug-likeness (QED) is 0.538. The standard InChI is InChI=1S/C26H29N3O4/c30-23-7-3-6-22(23)28-25(31)18-10-8-16(9-11-18)17-12-14-19(15-13-17)27-26(32)24-20-4-1-2-5-21(20)29-33-24/h1-2,4-5,12-16,18,22-23,30H,3,6-11H2,(H,27,32)(H,28,31)/t16-,18-,22-,23-/m0/s1. The average molecular weight is 448 g/mol. The molecule has 0 aliphatic heterocycles. The normalized spacial score (nSPS) is 25.1. The van der Waals surface area contributed by atoms with Gasteiger partial charge in [0.15, 0.2) is 0 Å². The molecule has 3 N–H and O–H groups in total. The molecule has 172 valence electrons. The van der Waals surface area contributed by atoms with Crippen molar-refractivity contribution in [2.24, 2.45) is 5.92 Å². The fraction of sp³-hybridized carbons (Fsp3) is 0.423. The predicted octanol–water partition coefficient (Wildman–Crippen LogP) is 4.38. The molecule has 33 heavy (non-hydrogen) atoms. The minimum Gasteiger partial charge on any atom is -0.391 e. The van der Waals surface area contributed by atoms with E-state index in [-0.39, 0.29) is 29.5 Å². The van der Waals surface area contributed by atoms with Crippen LogP contribution in [0.25, 0.3) is 10.9 Å². The molecular formula is C26H29N3O4. The van der Waals surface area contributed by atoms with Gasteiger partial charge in [-0.2, -0.15) is 0 Å². The molecule has 0 saturated heterocycles. The Morgan fingerprint density at radius 1 is 0.939 bits per heavy atom. The van der Waals surface area contributed by atoms with Gasteiger partial charge in [0.1, 0.15) is 5.52 Å². The lowest BCUT2D eigenvalue weighted by molar-refractivity contribution is -0.127. The van der Waals surface area contributed by atoms with E-state index in [0.29, 0.717) is 22.5 Å². The number of rotatable bonds is 5. The van der Waals surface area contributed by atoms with Crippen LogP contribution >= 0.6 is 0 Å². The zero-order chi connectivity index (χ0) is 22.8. The minimum absolute atomic E-state index is 0.0318. The summed E-state index contributed by atoms with van der Waals surface area (Å²) in [7, 11) is 0. The van der Waals surface area contributed by atoms with E-state index in [1.54, 1.807) is 6.07 Å². The average Bonchev–Trinajstić information content (AvgIpc) is 3.46. The molecule has 1 aromatic heterocycles. The third-order valence-corrected chi connectivity index (χ3v) is 7.14. The highest BCUT2D eigenvalue weighted by Crippen LogP contribution is 2.36. The molecule has 7 nitrogen and oxygen atoms in total. The lowest BCUT2D eigenvalue weighted by Crippen LogP contribution is -2.43. The molecule has 0 radical (unpaired) electrons. The third-order valence-electron chi connectivity index (χ3n) is 7.14. The van der Waals surface area contributed by atoms with Crippen LogP contribution in [-0.4, -0.2) is 34.2 Å². The first-order chi connectivity index (χ1) is 16.1. The van der Waals surface area contributed by atoms with Crippen molar-refractivity contribution < 1.29 is 19.2 Å². The summed E-state index contributed by atoms with van der Waals surface area (Å²) in [6.07, 6.45) is 5.87. The maximum atomic E-state index is 12.6. The van der Waals surface area contributed by atoms with Gasteiger partial charge in [-0.05, 0) is 80.7 Å². The second kappa shape index (κ2) is 9.35. The van der Waals surface area contributed by atoms with Gasteiger partial charge in [-0.15, -0.1) is 0 Å². The van der Waals surface area contributed by atoms with Gasteiger partial charge in [0.05, 0.1) is 17.5 Å². The highest BCUT2D eigenvalue weighted by Gasteiger charge is 2.31. The van der Waals surface area contributed by atoms with Gasteiger partial charge in [-0.1, -0.05) is 29.4 Å². The van der Waals surface area contributed by atoms with Gasteiger partial charge in [-0.25, -0.2) is 0 Å². The van der Waals surface area contributed by atoms with Crippen molar-refractivity contribution in [2.75, 3.05) is 5.32 Å². The summed E-state index contributed by atoms with van der Waals surface area (Å²) in [5, 5.41) is 20.5. The first-order valence-electron chi connectivity index (χ1n) is 11.8. The van der Waals surface area contributed by atoms with Crippen LogP contribution < -0.4 is 10.6 Å². The first-order valence-corrected chi connectivity index (χ1v) is 11.8. The van der Waals surface area contributed by atoms with Crippen LogP contribution in [0.4, 0.5) is 5.69 Å². The number of hydrogen-bond acceptors (Lipinski definition) is 5. The van der Waals surface area contributed by atoms with Gasteiger partial charge in [0.2, 0.25) is 11.7 Å². The molecule has 2 saturated carbocycles. The number of carbonyl (C=O) groups is 2. The molecule has 0 unspecified atom stereocenters. The zero-order valence-electron chi connectivity index (χ0n) is 18.5. The maximum Gasteiger partial charge on any atom is 0.294 e. The summed E-state index contributed by atoms with van der Waals surface area (Å²) in [4.78, 5) is 25.2. The van der Waals surface area contributed by atoms with E-state index in [9.17, 15) is 14.7 Å². The fourth-order valence-electron chi connectivity index (χ4n) is 5.18. The molecule has 0 spiro atoms. The minimum atomic E-state index is -0.396. The molecule has 2 aromatic carbocycles. The number of carbonyl (C=O) groups excluding carboxylic acids is 2. The van der Waals surface area contributed by atoms with E-state index in [1.807, 2.05) is 42.5 Å². The number of nitrogens with one attached hydrogen (secondary N) is 2. The number of anilines is 1. The van der Waals surface area contributed by atoms with Crippen molar-refractivity contribution in [1.82, 2.24) is 10.5 Å². The number of fused-ring (bicyclic) bond motifs is 1. The van der Waals surface area contributed by atoms with Crippen molar-refractivity contribution in [3.63, 3.8) is 0 Å². The summed E-state index contributed by atoms with van der Waals surface area (Å²) in [6.45, 7) is 0. The fourth-order valence-corrected chi connectivity index (χ4v) is 5.18. The Kier molecular flexibility index (Phi) is 6.13. The van der Waals surface area contributed by atoms with Crippen LogP contribution in [0.5, 0.6) is 0 Å². The molecule has 2 amide bonds. The van der Waals surface area contributed by atoms with Crippen LogP contribution in [-0.2, 0) is 4.79 Å². The van der Waals surface area contributed by atoms with Crippen molar-refractivity contribution >= 4 is 28.4 Å². The highest BCUT2D eigenvalue weighted by atomic mass is 16.5. The van der Waals surface area contributed by atoms with Gasteiger partial charge >= 0.3 is 0 Å². The van der Waals surface area contributed by atoms with Crippen LogP contribution in [0.1, 0.15) is 67.0 Å². The molecule has 2 atom stereocenters. The van der Waals surface area contributed by atoms with Gasteiger partial charge in [-0.3, -0.25) is 9.59 Å². The van der Waals surface area contributed by atoms with Crippen LogP contribution in [0.15, 0.2) is 53.1 Å². The monoisotopic (exact) mass is 447 g/mol. The summed E-state index contributed by atoms with van der Waals surface area (Å²) < 4.78 is 5.24. The largest absolute Gasteiger partial charge is 0.391 e. The van der Waals surface area contributed by atoms with Crippen LogP contribution in [0.2, 0.25) is 0 Å². The van der Waals surface area contributed by atoms with Crippen molar-refractivity contribution in [2.45, 2.75) is 63.0 Å². The zero-order valence-corrected chi connectivity index (χ0v) is 18.5. The number of nitrogens with zero attached hydrogens (tertiary/aromatic N) is 1. The molecule has 2 fully saturated rings. The van der Waals surface area contributed by atoms with E-state index >= 15 is 0 Å². The van der Waals surface area contributed by atoms with Crippen molar-refractivity contribution in [3.05, 3.63) is 59.9 Å². The Bertz CT molecular complexity index is 1130. The SMILES string of the molecule is O=C(Nc1ccc([C@H]2CC[C@H](C(=O)N[C@H]3CCC[C@@H]3O)CC2)cc1)c1onc2ccccc12. The Hall–Kier alpha value is -3.19. The van der Waals surface area contributed by atoms with Gasteiger partial charge in [0.25, 0.3) is 5.91 Å². The Balaban J connectivity index is 1.15. The lowest BCUT2D eigenvalue weighted by atomic mass is 9.78. The van der Waals surface area contributed by atoms with Gasteiger partial charge in [0, 0.05) is 11.6 Å². The molecule has 2 aliphatic rings. The molecule has 1 heterocycles. The highest BCUT2D eigenvalue weighted by molar-refractivity contribution is 6.10. The third kappa shape index (κ3) is 4.64. The number of aliphatic hydroxyl groups is 1. The number of amides is 2. The predicted molar refractivity (Wildman–Crippen MR) is 125 cm³/mol. The smallest absolute Gasteiger partial charge is 0.294 e. The molecular weight excluding hydrogens is 418 g/mol. The summed E-state index contributed by atoms with van der Waals surface area (Å²) in [5.41, 5.74) is 2.58. The molecule has 2 aliphatic carbocycles. The molecule has 5 rings (SSSR count). The summed E-state index contributed by atoms with van der Waals surface area (Å²) in [5.74, 6) is 0.419. The van der Waals surface area contributed by atoms with Gasteiger partial charge < -0.3 is 20.3 Å². The van der Waals surface area contributed by atoms with E-state index in [2.05, 4.69) is 15.8 Å². The van der Waals surface area contributed by atoms with E-state index in [4.69, 9.17) is 4.52 Å². The molecule has 3 aromatic rings. The van der Waals surface area contributed by atoms with Crippen molar-refractivity contribution in [3.8, 4) is 0 Å². The summed E-state index contributed by atoms with van der Waals surface area (Å²) in [6, 6.07) is 15.2. The Morgan fingerprint density at radius 2 is 1.70 bits per heavy atom. The summed E-state index contributed by atoms with van der Waals surface area (Å²) >= 11 is 0. The Labute approximate surface area is 192 Å². The van der Waals surface area contributed by atoms with E-state index < -0.39 is 6.10 Å². The van der Waals surface area contributed by atoms with E-state index in [1.165, 1.54) is 5.56 Å². The molecule has 0 bridgehead atoms. The van der Waals surface area contributed by atoms with Crippen LogP contribution in [0, 0.1) is 5.92 Å². The number of aliphatic hydroxyl groups excluding tert-OH is 1. The molecule has 7 heteroatoms. The number of aromatic nitrogens is 1. The number of hydrogen-bond donors (Lipinski definition) is 3. The van der Waals surface area contributed by atoms with Crippen LogP contribution in [0.3, 0.4) is 0 Å². The first kappa shape index (κ1) is 21.6. The maximum absolute atomic E-state index is 12.6. The Morgan fingerprint density at radius 3 is 2.42 bits per heavy atom. The second-order valence-corrected chi connectivity index (χ2v) is 9.27. The van der Waals surface area contributed by atoms with Crippen molar-refractivity contribution in [1.29, 1.82) is 0 Å². The van der Waals surface area contributed by atoms with E-state index in [0.717, 1.165) is 44.9 Å². The lowest BCUT2D eigenvalue weighted by Gasteiger charge is -2.29. The second-order valence-electron chi connectivity index (χ2n) is 9.27.